The summed E-state index contributed by atoms with van der Waals surface area (Å²) >= 11 is 0. The van der Waals surface area contributed by atoms with Gasteiger partial charge in [0.1, 0.15) is 5.82 Å². The van der Waals surface area contributed by atoms with Crippen molar-refractivity contribution in [2.45, 2.75) is 38.6 Å². The third kappa shape index (κ3) is 7.31. The van der Waals surface area contributed by atoms with Crippen LogP contribution in [0.15, 0.2) is 48.5 Å². The van der Waals surface area contributed by atoms with Crippen molar-refractivity contribution in [3.05, 3.63) is 65.5 Å². The van der Waals surface area contributed by atoms with Crippen LogP contribution in [0.1, 0.15) is 48.0 Å². The van der Waals surface area contributed by atoms with Crippen LogP contribution in [0.4, 0.5) is 10.1 Å². The van der Waals surface area contributed by atoms with Crippen LogP contribution in [0.2, 0.25) is 0 Å². The van der Waals surface area contributed by atoms with E-state index < -0.39 is 10.0 Å². The van der Waals surface area contributed by atoms with E-state index >= 15 is 0 Å². The molecular formula is C24H32FN3O3S. The molecular weight excluding hydrogens is 429 g/mol. The molecule has 1 amide bonds. The van der Waals surface area contributed by atoms with E-state index in [0.717, 1.165) is 32.3 Å². The Morgan fingerprint density at radius 3 is 2.22 bits per heavy atom. The van der Waals surface area contributed by atoms with Gasteiger partial charge in [-0.3, -0.25) is 9.10 Å². The minimum absolute atomic E-state index is 0.0845. The van der Waals surface area contributed by atoms with Crippen LogP contribution in [0.5, 0.6) is 0 Å². The number of sulfonamides is 1. The molecule has 0 atom stereocenters. The molecule has 0 aliphatic carbocycles. The van der Waals surface area contributed by atoms with E-state index in [1.54, 1.807) is 36.4 Å². The molecule has 2 aromatic carbocycles. The molecule has 0 radical (unpaired) electrons. The quantitative estimate of drug-likeness (QED) is 0.577. The molecule has 2 aromatic rings. The van der Waals surface area contributed by atoms with E-state index in [9.17, 15) is 17.6 Å². The number of nitrogens with zero attached hydrogens (tertiary/aromatic N) is 2. The highest BCUT2D eigenvalue weighted by Gasteiger charge is 2.18. The van der Waals surface area contributed by atoms with Crippen molar-refractivity contribution in [2.75, 3.05) is 36.7 Å². The smallest absolute Gasteiger partial charge is 0.251 e. The molecule has 0 bridgehead atoms. The van der Waals surface area contributed by atoms with Gasteiger partial charge < -0.3 is 10.2 Å². The van der Waals surface area contributed by atoms with Crippen LogP contribution >= 0.6 is 0 Å². The normalized spacial score (nSPS) is 15.2. The topological polar surface area (TPSA) is 69.7 Å². The molecule has 8 heteroatoms. The Hall–Kier alpha value is -2.45. The zero-order valence-electron chi connectivity index (χ0n) is 18.6. The SMILES string of the molecule is CS(=O)(=O)N(Cc1ccc(F)cc1)c1ccc(C(=O)NCCCN2CCCCCC2)cc1. The summed E-state index contributed by atoms with van der Waals surface area (Å²) in [5.74, 6) is -0.543. The Balaban J connectivity index is 1.55. The molecule has 0 unspecified atom stereocenters. The second-order valence-corrected chi connectivity index (χ2v) is 10.2. The van der Waals surface area contributed by atoms with Crippen LogP contribution in [0, 0.1) is 5.82 Å². The van der Waals surface area contributed by atoms with Gasteiger partial charge in [-0.25, -0.2) is 12.8 Å². The number of halogens is 1. The lowest BCUT2D eigenvalue weighted by Gasteiger charge is -2.23. The highest BCUT2D eigenvalue weighted by molar-refractivity contribution is 7.92. The van der Waals surface area contributed by atoms with Crippen LogP contribution in [-0.4, -0.2) is 51.7 Å². The lowest BCUT2D eigenvalue weighted by Crippen LogP contribution is -2.31. The van der Waals surface area contributed by atoms with E-state index in [1.165, 1.54) is 42.1 Å². The maximum Gasteiger partial charge on any atom is 0.251 e. The maximum atomic E-state index is 13.2. The van der Waals surface area contributed by atoms with Gasteiger partial charge in [-0.1, -0.05) is 25.0 Å². The third-order valence-corrected chi connectivity index (χ3v) is 6.83. The van der Waals surface area contributed by atoms with Crippen molar-refractivity contribution < 1.29 is 17.6 Å². The number of hydrogen-bond acceptors (Lipinski definition) is 4. The van der Waals surface area contributed by atoms with Crippen molar-refractivity contribution in [1.82, 2.24) is 10.2 Å². The minimum Gasteiger partial charge on any atom is -0.352 e. The number of carbonyl (C=O) groups is 1. The molecule has 1 heterocycles. The second-order valence-electron chi connectivity index (χ2n) is 8.31. The summed E-state index contributed by atoms with van der Waals surface area (Å²) < 4.78 is 39.0. The first kappa shape index (κ1) is 24.2. The first-order valence-electron chi connectivity index (χ1n) is 11.2. The molecule has 0 saturated carbocycles. The van der Waals surface area contributed by atoms with Gasteiger partial charge in [-0.2, -0.15) is 0 Å². The third-order valence-electron chi connectivity index (χ3n) is 5.69. The fraction of sp³-hybridized carbons (Fsp3) is 0.458. The molecule has 1 aliphatic heterocycles. The predicted molar refractivity (Wildman–Crippen MR) is 126 cm³/mol. The van der Waals surface area contributed by atoms with Crippen LogP contribution in [0.3, 0.4) is 0 Å². The molecule has 32 heavy (non-hydrogen) atoms. The van der Waals surface area contributed by atoms with Crippen molar-refractivity contribution in [3.8, 4) is 0 Å². The van der Waals surface area contributed by atoms with Gasteiger partial charge in [0, 0.05) is 12.1 Å². The number of hydrogen-bond donors (Lipinski definition) is 1. The Morgan fingerprint density at radius 2 is 1.62 bits per heavy atom. The van der Waals surface area contributed by atoms with Crippen molar-refractivity contribution in [3.63, 3.8) is 0 Å². The number of rotatable bonds is 9. The summed E-state index contributed by atoms with van der Waals surface area (Å²) in [6.07, 6.45) is 7.16. The molecule has 3 rings (SSSR count). The average Bonchev–Trinajstić information content (AvgIpc) is 3.04. The zero-order chi connectivity index (χ0) is 23.0. The van der Waals surface area contributed by atoms with Gasteiger partial charge in [-0.15, -0.1) is 0 Å². The number of likely N-dealkylation sites (tertiary alicyclic amines) is 1. The molecule has 174 valence electrons. The summed E-state index contributed by atoms with van der Waals surface area (Å²) in [4.78, 5) is 14.9. The largest absolute Gasteiger partial charge is 0.352 e. The standard InChI is InChI=1S/C24H32FN3O3S/c1-32(30,31)28(19-20-7-11-22(25)12-8-20)23-13-9-21(10-14-23)24(29)26-15-6-18-27-16-4-2-3-5-17-27/h7-14H,2-6,15-19H2,1H3,(H,26,29). The van der Waals surface area contributed by atoms with Gasteiger partial charge in [0.15, 0.2) is 0 Å². The summed E-state index contributed by atoms with van der Waals surface area (Å²) in [7, 11) is -3.56. The van der Waals surface area contributed by atoms with E-state index in [0.29, 0.717) is 23.4 Å². The number of amides is 1. The van der Waals surface area contributed by atoms with E-state index in [2.05, 4.69) is 10.2 Å². The summed E-state index contributed by atoms with van der Waals surface area (Å²) in [6, 6.07) is 12.2. The summed E-state index contributed by atoms with van der Waals surface area (Å²) in [5, 5.41) is 2.95. The van der Waals surface area contributed by atoms with Crippen LogP contribution in [-0.2, 0) is 16.6 Å². The molecule has 6 nitrogen and oxygen atoms in total. The number of benzene rings is 2. The average molecular weight is 462 g/mol. The molecule has 1 N–H and O–H groups in total. The fourth-order valence-corrected chi connectivity index (χ4v) is 4.79. The number of carbonyl (C=O) groups excluding carboxylic acids is 1. The Labute approximate surface area is 190 Å². The van der Waals surface area contributed by atoms with E-state index in [1.807, 2.05) is 0 Å². The number of nitrogens with one attached hydrogen (secondary N) is 1. The fourth-order valence-electron chi connectivity index (χ4n) is 3.90. The monoisotopic (exact) mass is 461 g/mol. The van der Waals surface area contributed by atoms with Gasteiger partial charge in [0.05, 0.1) is 18.5 Å². The van der Waals surface area contributed by atoms with Crippen LogP contribution < -0.4 is 9.62 Å². The highest BCUT2D eigenvalue weighted by atomic mass is 32.2. The summed E-state index contributed by atoms with van der Waals surface area (Å²) in [6.45, 7) is 3.97. The maximum absolute atomic E-state index is 13.2. The first-order chi connectivity index (χ1) is 15.3. The molecule has 1 aliphatic rings. The lowest BCUT2D eigenvalue weighted by molar-refractivity contribution is 0.0951. The molecule has 0 spiro atoms. The highest BCUT2D eigenvalue weighted by Crippen LogP contribution is 2.21. The van der Waals surface area contributed by atoms with Crippen LogP contribution in [0.25, 0.3) is 0 Å². The predicted octanol–water partition coefficient (Wildman–Crippen LogP) is 3.79. The van der Waals surface area contributed by atoms with Gasteiger partial charge in [-0.05, 0) is 80.9 Å². The van der Waals surface area contributed by atoms with Crippen molar-refractivity contribution in [2.24, 2.45) is 0 Å². The zero-order valence-corrected chi connectivity index (χ0v) is 19.4. The van der Waals surface area contributed by atoms with Gasteiger partial charge >= 0.3 is 0 Å². The minimum atomic E-state index is -3.56. The van der Waals surface area contributed by atoms with Crippen molar-refractivity contribution in [1.29, 1.82) is 0 Å². The summed E-state index contributed by atoms with van der Waals surface area (Å²) in [5.41, 5.74) is 1.61. The van der Waals surface area contributed by atoms with Gasteiger partial charge in [0.2, 0.25) is 10.0 Å². The second kappa shape index (κ2) is 11.4. The first-order valence-corrected chi connectivity index (χ1v) is 13.0. The van der Waals surface area contributed by atoms with E-state index in [4.69, 9.17) is 0 Å². The van der Waals surface area contributed by atoms with Crippen molar-refractivity contribution >= 4 is 21.6 Å². The molecule has 0 aromatic heterocycles. The number of anilines is 1. The Bertz CT molecular complexity index is 971. The Morgan fingerprint density at radius 1 is 1.00 bits per heavy atom. The Kier molecular flexibility index (Phi) is 8.64. The molecule has 1 fully saturated rings. The van der Waals surface area contributed by atoms with Gasteiger partial charge in [0.25, 0.3) is 5.91 Å². The molecule has 1 saturated heterocycles. The lowest BCUT2D eigenvalue weighted by atomic mass is 10.1. The van der Waals surface area contributed by atoms with E-state index in [-0.39, 0.29) is 18.3 Å².